The van der Waals surface area contributed by atoms with Crippen LogP contribution in [0, 0.1) is 5.82 Å². The molecule has 1 aliphatic heterocycles. The molecule has 0 aliphatic carbocycles. The van der Waals surface area contributed by atoms with Crippen molar-refractivity contribution in [2.24, 2.45) is 0 Å². The summed E-state index contributed by atoms with van der Waals surface area (Å²) in [5, 5.41) is 0.450. The molecule has 6 rings (SSSR count). The molecule has 4 aromatic heterocycles. The van der Waals surface area contributed by atoms with Crippen molar-refractivity contribution < 1.29 is 4.39 Å². The SMILES string of the molecule is CN(C)[C@H]1CCN(c2cnc3ccc(-c4c(-c5cc(Cl)ccc5F)nc5ccccn45)nc3c2)C1. The van der Waals surface area contributed by atoms with Gasteiger partial charge in [-0.15, -0.1) is 0 Å². The molecule has 0 amide bonds. The highest BCUT2D eigenvalue weighted by Crippen LogP contribution is 2.35. The average molecular weight is 487 g/mol. The van der Waals surface area contributed by atoms with Gasteiger partial charge in [-0.25, -0.2) is 14.4 Å². The van der Waals surface area contributed by atoms with Crippen LogP contribution in [0.3, 0.4) is 0 Å². The van der Waals surface area contributed by atoms with Crippen LogP contribution in [0.2, 0.25) is 5.02 Å². The van der Waals surface area contributed by atoms with Gasteiger partial charge in [0, 0.05) is 35.9 Å². The zero-order valence-electron chi connectivity index (χ0n) is 19.5. The van der Waals surface area contributed by atoms with E-state index in [1.165, 1.54) is 12.1 Å². The number of likely N-dealkylation sites (N-methyl/N-ethyl adjacent to an activating group) is 1. The Morgan fingerprint density at radius 2 is 1.91 bits per heavy atom. The summed E-state index contributed by atoms with van der Waals surface area (Å²) >= 11 is 6.22. The Bertz CT molecular complexity index is 1560. The van der Waals surface area contributed by atoms with Gasteiger partial charge in [-0.05, 0) is 69.0 Å². The number of imidazole rings is 1. The smallest absolute Gasteiger partial charge is 0.137 e. The number of hydrogen-bond donors (Lipinski definition) is 0. The molecule has 1 aromatic carbocycles. The summed E-state index contributed by atoms with van der Waals surface area (Å²) < 4.78 is 16.8. The van der Waals surface area contributed by atoms with Gasteiger partial charge in [-0.1, -0.05) is 17.7 Å². The van der Waals surface area contributed by atoms with E-state index in [1.807, 2.05) is 47.1 Å². The molecule has 1 fully saturated rings. The van der Waals surface area contributed by atoms with Crippen molar-refractivity contribution in [3.63, 3.8) is 0 Å². The lowest BCUT2D eigenvalue weighted by atomic mass is 10.1. The highest BCUT2D eigenvalue weighted by molar-refractivity contribution is 6.30. The van der Waals surface area contributed by atoms with E-state index in [0.29, 0.717) is 39.4 Å². The summed E-state index contributed by atoms with van der Waals surface area (Å²) in [5.74, 6) is -0.381. The van der Waals surface area contributed by atoms with Crippen LogP contribution in [-0.2, 0) is 0 Å². The molecular weight excluding hydrogens is 463 g/mol. The quantitative estimate of drug-likeness (QED) is 0.333. The fraction of sp³-hybridized carbons (Fsp3) is 0.222. The molecule has 0 spiro atoms. The summed E-state index contributed by atoms with van der Waals surface area (Å²) in [6.07, 6.45) is 4.95. The van der Waals surface area contributed by atoms with Gasteiger partial charge in [0.1, 0.15) is 17.2 Å². The Labute approximate surface area is 207 Å². The van der Waals surface area contributed by atoms with Gasteiger partial charge in [0.05, 0.1) is 34.3 Å². The molecule has 0 saturated carbocycles. The van der Waals surface area contributed by atoms with Crippen LogP contribution in [0.1, 0.15) is 6.42 Å². The number of benzene rings is 1. The molecule has 0 unspecified atom stereocenters. The predicted molar refractivity (Wildman–Crippen MR) is 138 cm³/mol. The molecule has 1 saturated heterocycles. The molecule has 8 heteroatoms. The van der Waals surface area contributed by atoms with Crippen LogP contribution in [0.15, 0.2) is 67.0 Å². The minimum absolute atomic E-state index is 0.344. The van der Waals surface area contributed by atoms with Gasteiger partial charge in [-0.2, -0.15) is 0 Å². The maximum Gasteiger partial charge on any atom is 0.137 e. The molecule has 6 nitrogen and oxygen atoms in total. The van der Waals surface area contributed by atoms with E-state index in [-0.39, 0.29) is 5.82 Å². The molecule has 1 aliphatic rings. The summed E-state index contributed by atoms with van der Waals surface area (Å²) in [4.78, 5) is 19.0. The predicted octanol–water partition coefficient (Wildman–Crippen LogP) is 5.54. The third kappa shape index (κ3) is 3.90. The molecule has 1 atom stereocenters. The highest BCUT2D eigenvalue weighted by Gasteiger charge is 2.25. The minimum Gasteiger partial charge on any atom is -0.369 e. The second-order valence-corrected chi connectivity index (χ2v) is 9.58. The Kier molecular flexibility index (Phi) is 5.39. The summed E-state index contributed by atoms with van der Waals surface area (Å²) in [7, 11) is 4.24. The largest absolute Gasteiger partial charge is 0.369 e. The molecule has 0 N–H and O–H groups in total. The van der Waals surface area contributed by atoms with Crippen LogP contribution in [-0.4, -0.2) is 57.5 Å². The lowest BCUT2D eigenvalue weighted by Gasteiger charge is -2.21. The van der Waals surface area contributed by atoms with Crippen molar-refractivity contribution >= 4 is 34.0 Å². The monoisotopic (exact) mass is 486 g/mol. The molecule has 176 valence electrons. The standard InChI is InChI=1S/C27H24ClFN6/c1-33(2)18-10-12-34(16-18)19-14-24-22(30-15-19)8-9-23(31-24)27-26(20-13-17(28)6-7-21(20)29)32-25-5-3-4-11-35(25)27/h3-9,11,13-15,18H,10,12,16H2,1-2H3/t18-/m0/s1. The fourth-order valence-corrected chi connectivity index (χ4v) is 4.98. The van der Waals surface area contributed by atoms with Crippen LogP contribution in [0.5, 0.6) is 0 Å². The van der Waals surface area contributed by atoms with Gasteiger partial charge < -0.3 is 9.80 Å². The number of anilines is 1. The van der Waals surface area contributed by atoms with Gasteiger partial charge in [0.2, 0.25) is 0 Å². The average Bonchev–Trinajstić information content (AvgIpc) is 3.50. The number of halogens is 2. The second-order valence-electron chi connectivity index (χ2n) is 9.14. The number of aromatic nitrogens is 4. The van der Waals surface area contributed by atoms with Gasteiger partial charge in [0.15, 0.2) is 0 Å². The highest BCUT2D eigenvalue weighted by atomic mass is 35.5. The van der Waals surface area contributed by atoms with E-state index < -0.39 is 0 Å². The topological polar surface area (TPSA) is 49.6 Å². The third-order valence-corrected chi connectivity index (χ3v) is 6.97. The first-order valence-corrected chi connectivity index (χ1v) is 12.0. The maximum atomic E-state index is 14.9. The van der Waals surface area contributed by atoms with E-state index in [9.17, 15) is 4.39 Å². The Hall–Kier alpha value is -3.55. The third-order valence-electron chi connectivity index (χ3n) is 6.74. The number of nitrogens with zero attached hydrogens (tertiary/aromatic N) is 6. The van der Waals surface area contributed by atoms with E-state index >= 15 is 0 Å². The number of hydrogen-bond acceptors (Lipinski definition) is 5. The lowest BCUT2D eigenvalue weighted by Crippen LogP contribution is -2.31. The Morgan fingerprint density at radius 1 is 1.03 bits per heavy atom. The zero-order chi connectivity index (χ0) is 24.1. The number of rotatable bonds is 4. The van der Waals surface area contributed by atoms with Crippen LogP contribution < -0.4 is 4.90 Å². The first-order chi connectivity index (χ1) is 17.0. The number of fused-ring (bicyclic) bond motifs is 2. The van der Waals surface area contributed by atoms with Crippen molar-refractivity contribution in [3.8, 4) is 22.6 Å². The second kappa shape index (κ2) is 8.59. The molecule has 5 heterocycles. The summed E-state index contributed by atoms with van der Waals surface area (Å²) in [6.45, 7) is 1.95. The molecule has 0 radical (unpaired) electrons. The molecule has 5 aromatic rings. The number of pyridine rings is 3. The van der Waals surface area contributed by atoms with Crippen molar-refractivity contribution in [1.82, 2.24) is 24.3 Å². The minimum atomic E-state index is -0.381. The van der Waals surface area contributed by atoms with Crippen molar-refractivity contribution in [1.29, 1.82) is 0 Å². The zero-order valence-corrected chi connectivity index (χ0v) is 20.2. The Balaban J connectivity index is 1.49. The first-order valence-electron chi connectivity index (χ1n) is 11.6. The maximum absolute atomic E-state index is 14.9. The lowest BCUT2D eigenvalue weighted by molar-refractivity contribution is 0.315. The van der Waals surface area contributed by atoms with E-state index in [4.69, 9.17) is 21.6 Å². The summed E-state index contributed by atoms with van der Waals surface area (Å²) in [6, 6.07) is 16.7. The molecule has 0 bridgehead atoms. The van der Waals surface area contributed by atoms with Crippen molar-refractivity contribution in [2.75, 3.05) is 32.1 Å². The Morgan fingerprint density at radius 3 is 2.74 bits per heavy atom. The first kappa shape index (κ1) is 21.9. The fourth-order valence-electron chi connectivity index (χ4n) is 4.81. The van der Waals surface area contributed by atoms with Crippen molar-refractivity contribution in [2.45, 2.75) is 12.5 Å². The van der Waals surface area contributed by atoms with Crippen molar-refractivity contribution in [3.05, 3.63) is 77.8 Å². The van der Waals surface area contributed by atoms with E-state index in [0.717, 1.165) is 36.2 Å². The van der Waals surface area contributed by atoms with Gasteiger partial charge >= 0.3 is 0 Å². The molecular formula is C27H24ClFN6. The summed E-state index contributed by atoms with van der Waals surface area (Å²) in [5.41, 5.74) is 5.61. The van der Waals surface area contributed by atoms with Gasteiger partial charge in [-0.3, -0.25) is 9.38 Å². The molecule has 35 heavy (non-hydrogen) atoms. The van der Waals surface area contributed by atoms with E-state index in [1.54, 1.807) is 6.07 Å². The van der Waals surface area contributed by atoms with Crippen LogP contribution in [0.4, 0.5) is 10.1 Å². The van der Waals surface area contributed by atoms with Crippen LogP contribution >= 0.6 is 11.6 Å². The van der Waals surface area contributed by atoms with Crippen LogP contribution in [0.25, 0.3) is 39.3 Å². The normalized spacial score (nSPS) is 16.1. The van der Waals surface area contributed by atoms with Gasteiger partial charge in [0.25, 0.3) is 0 Å². The van der Waals surface area contributed by atoms with E-state index in [2.05, 4.69) is 34.9 Å².